The predicted octanol–water partition coefficient (Wildman–Crippen LogP) is 2.58. The number of aromatic nitrogens is 3. The van der Waals surface area contributed by atoms with Crippen molar-refractivity contribution >= 4 is 29.5 Å². The molecule has 0 saturated heterocycles. The zero-order valence-corrected chi connectivity index (χ0v) is 11.1. The second-order valence-electron chi connectivity index (χ2n) is 3.51. The van der Waals surface area contributed by atoms with Crippen molar-refractivity contribution in [2.75, 3.05) is 17.2 Å². The molecule has 0 spiro atoms. The van der Waals surface area contributed by atoms with Gasteiger partial charge in [0.15, 0.2) is 0 Å². The van der Waals surface area contributed by atoms with Crippen LogP contribution in [-0.4, -0.2) is 26.7 Å². The van der Waals surface area contributed by atoms with Crippen LogP contribution in [0.2, 0.25) is 0 Å². The molecule has 4 nitrogen and oxygen atoms in total. The molecule has 2 rings (SSSR count). The molecule has 0 bridgehead atoms. The number of nitrogens with one attached hydrogen (secondary N) is 1. The van der Waals surface area contributed by atoms with Gasteiger partial charge in [0.1, 0.15) is 0 Å². The first kappa shape index (κ1) is 12.3. The summed E-state index contributed by atoms with van der Waals surface area (Å²) in [6.07, 6.45) is 0. The number of anilines is 1. The maximum absolute atomic E-state index is 5.44. The summed E-state index contributed by atoms with van der Waals surface area (Å²) < 4.78 is 0. The third-order valence-electron chi connectivity index (χ3n) is 2.09. The van der Waals surface area contributed by atoms with Gasteiger partial charge in [0.2, 0.25) is 11.1 Å². The van der Waals surface area contributed by atoms with Crippen molar-refractivity contribution in [1.29, 1.82) is 0 Å². The molecule has 0 radical (unpaired) electrons. The monoisotopic (exact) mass is 266 g/mol. The lowest BCUT2D eigenvalue weighted by molar-refractivity contribution is 0.974. The lowest BCUT2D eigenvalue weighted by Crippen LogP contribution is -1.87. The number of aromatic amines is 1. The first-order valence-corrected chi connectivity index (χ1v) is 7.21. The number of nitrogens with two attached hydrogens (primary N) is 1. The van der Waals surface area contributed by atoms with Crippen LogP contribution in [0.4, 0.5) is 5.95 Å². The molecule has 1 aromatic heterocycles. The number of hydrogen-bond acceptors (Lipinski definition) is 5. The maximum Gasteiger partial charge on any atom is 0.216 e. The number of nitrogen functional groups attached to an aromatic ring is 1. The van der Waals surface area contributed by atoms with Crippen molar-refractivity contribution in [1.82, 2.24) is 15.2 Å². The summed E-state index contributed by atoms with van der Waals surface area (Å²) in [4.78, 5) is 5.33. The summed E-state index contributed by atoms with van der Waals surface area (Å²) in [7, 11) is 0. The summed E-state index contributed by atoms with van der Waals surface area (Å²) in [6, 6.07) is 8.56. The number of aryl methyl sites for hydroxylation is 1. The van der Waals surface area contributed by atoms with Gasteiger partial charge in [0.05, 0.1) is 0 Å². The average molecular weight is 266 g/mol. The Bertz CT molecular complexity index is 467. The van der Waals surface area contributed by atoms with Gasteiger partial charge in [-0.25, -0.2) is 5.10 Å². The summed E-state index contributed by atoms with van der Waals surface area (Å²) in [5, 5.41) is 7.30. The number of H-pyrrole nitrogens is 1. The molecular formula is C11H14N4S2. The Morgan fingerprint density at radius 1 is 1.18 bits per heavy atom. The first-order chi connectivity index (χ1) is 8.24. The van der Waals surface area contributed by atoms with E-state index in [1.165, 1.54) is 10.5 Å². The highest BCUT2D eigenvalue weighted by Crippen LogP contribution is 2.21. The Hall–Kier alpha value is -1.14. The van der Waals surface area contributed by atoms with E-state index in [9.17, 15) is 0 Å². The predicted molar refractivity (Wildman–Crippen MR) is 73.4 cm³/mol. The van der Waals surface area contributed by atoms with Gasteiger partial charge in [-0.2, -0.15) is 4.98 Å². The third kappa shape index (κ3) is 3.98. The molecule has 0 aliphatic carbocycles. The second kappa shape index (κ2) is 5.97. The number of rotatable bonds is 5. The zero-order chi connectivity index (χ0) is 12.1. The fraction of sp³-hybridized carbons (Fsp3) is 0.273. The zero-order valence-electron chi connectivity index (χ0n) is 9.51. The summed E-state index contributed by atoms with van der Waals surface area (Å²) >= 11 is 3.45. The minimum absolute atomic E-state index is 0.374. The van der Waals surface area contributed by atoms with E-state index in [0.717, 1.165) is 11.5 Å². The minimum atomic E-state index is 0.374. The van der Waals surface area contributed by atoms with Crippen LogP contribution in [-0.2, 0) is 0 Å². The largest absolute Gasteiger partial charge is 0.368 e. The van der Waals surface area contributed by atoms with E-state index in [1.54, 1.807) is 11.8 Å². The fourth-order valence-corrected chi connectivity index (χ4v) is 2.94. The molecule has 90 valence electrons. The smallest absolute Gasteiger partial charge is 0.216 e. The molecule has 0 fully saturated rings. The van der Waals surface area contributed by atoms with Crippen LogP contribution < -0.4 is 5.73 Å². The van der Waals surface area contributed by atoms with Crippen molar-refractivity contribution < 1.29 is 0 Å². The Balaban J connectivity index is 1.71. The van der Waals surface area contributed by atoms with Crippen molar-refractivity contribution in [2.24, 2.45) is 0 Å². The normalized spacial score (nSPS) is 10.6. The Morgan fingerprint density at radius 3 is 2.53 bits per heavy atom. The van der Waals surface area contributed by atoms with Crippen LogP contribution in [0.15, 0.2) is 34.3 Å². The molecule has 17 heavy (non-hydrogen) atoms. The van der Waals surface area contributed by atoms with Crippen molar-refractivity contribution in [3.8, 4) is 0 Å². The number of thioether (sulfide) groups is 2. The molecular weight excluding hydrogens is 252 g/mol. The van der Waals surface area contributed by atoms with Crippen LogP contribution in [0.25, 0.3) is 0 Å². The molecule has 0 saturated carbocycles. The molecule has 0 amide bonds. The summed E-state index contributed by atoms with van der Waals surface area (Å²) in [5.41, 5.74) is 6.73. The lowest BCUT2D eigenvalue weighted by Gasteiger charge is -2.00. The van der Waals surface area contributed by atoms with E-state index in [2.05, 4.69) is 46.4 Å². The average Bonchev–Trinajstić information content (AvgIpc) is 2.73. The Kier molecular flexibility index (Phi) is 4.33. The van der Waals surface area contributed by atoms with E-state index < -0.39 is 0 Å². The van der Waals surface area contributed by atoms with Crippen LogP contribution in [0.5, 0.6) is 0 Å². The van der Waals surface area contributed by atoms with E-state index in [0.29, 0.717) is 11.1 Å². The van der Waals surface area contributed by atoms with Crippen LogP contribution in [0.3, 0.4) is 0 Å². The van der Waals surface area contributed by atoms with Gasteiger partial charge in [-0.05, 0) is 19.1 Å². The number of nitrogens with zero attached hydrogens (tertiary/aromatic N) is 2. The second-order valence-corrected chi connectivity index (χ2v) is 5.74. The topological polar surface area (TPSA) is 67.6 Å². The van der Waals surface area contributed by atoms with Crippen molar-refractivity contribution in [3.05, 3.63) is 29.8 Å². The van der Waals surface area contributed by atoms with Gasteiger partial charge in [0.25, 0.3) is 0 Å². The molecule has 0 aliphatic rings. The SMILES string of the molecule is Cc1ccc(SCCSc2n[nH]c(N)n2)cc1. The molecule has 3 N–H and O–H groups in total. The number of hydrogen-bond donors (Lipinski definition) is 2. The van der Waals surface area contributed by atoms with Gasteiger partial charge in [-0.1, -0.05) is 29.5 Å². The van der Waals surface area contributed by atoms with Gasteiger partial charge in [-0.3, -0.25) is 0 Å². The van der Waals surface area contributed by atoms with E-state index in [4.69, 9.17) is 5.73 Å². The number of benzene rings is 1. The molecule has 0 atom stereocenters. The van der Waals surface area contributed by atoms with Crippen LogP contribution in [0.1, 0.15) is 5.56 Å². The molecule has 1 aromatic carbocycles. The molecule has 0 unspecified atom stereocenters. The van der Waals surface area contributed by atoms with E-state index in [1.807, 2.05) is 11.8 Å². The third-order valence-corrected chi connectivity index (χ3v) is 4.21. The standard InChI is InChI=1S/C11H14N4S2/c1-8-2-4-9(5-3-8)16-6-7-17-11-13-10(12)14-15-11/h2-5H,6-7H2,1H3,(H3,12,13,14,15). The molecule has 2 aromatic rings. The fourth-order valence-electron chi connectivity index (χ4n) is 1.25. The summed E-state index contributed by atoms with van der Waals surface area (Å²) in [6.45, 7) is 2.10. The van der Waals surface area contributed by atoms with Gasteiger partial charge >= 0.3 is 0 Å². The van der Waals surface area contributed by atoms with E-state index in [-0.39, 0.29) is 0 Å². The van der Waals surface area contributed by atoms with Gasteiger partial charge in [-0.15, -0.1) is 16.9 Å². The highest BCUT2D eigenvalue weighted by molar-refractivity contribution is 8.02. The highest BCUT2D eigenvalue weighted by Gasteiger charge is 2.00. The van der Waals surface area contributed by atoms with Crippen molar-refractivity contribution in [2.45, 2.75) is 17.0 Å². The summed E-state index contributed by atoms with van der Waals surface area (Å²) in [5.74, 6) is 2.37. The van der Waals surface area contributed by atoms with Crippen molar-refractivity contribution in [3.63, 3.8) is 0 Å². The maximum atomic E-state index is 5.44. The van der Waals surface area contributed by atoms with E-state index >= 15 is 0 Å². The minimum Gasteiger partial charge on any atom is -0.368 e. The Morgan fingerprint density at radius 2 is 1.88 bits per heavy atom. The lowest BCUT2D eigenvalue weighted by atomic mass is 10.2. The first-order valence-electron chi connectivity index (χ1n) is 5.24. The van der Waals surface area contributed by atoms with Gasteiger partial charge < -0.3 is 5.73 Å². The quantitative estimate of drug-likeness (QED) is 0.643. The van der Waals surface area contributed by atoms with Crippen LogP contribution >= 0.6 is 23.5 Å². The van der Waals surface area contributed by atoms with Gasteiger partial charge in [0, 0.05) is 16.4 Å². The molecule has 1 heterocycles. The van der Waals surface area contributed by atoms with Crippen LogP contribution in [0, 0.1) is 6.92 Å². The molecule has 6 heteroatoms. The highest BCUT2D eigenvalue weighted by atomic mass is 32.2. The Labute approximate surface area is 109 Å². The molecule has 0 aliphatic heterocycles.